The number of hydrogen-bond donors (Lipinski definition) is 0. The fourth-order valence-electron chi connectivity index (χ4n) is 2.99. The Morgan fingerprint density at radius 3 is 2.43 bits per heavy atom. The van der Waals surface area contributed by atoms with Crippen LogP contribution in [0.1, 0.15) is 15.9 Å². The number of carbonyl (C=O) groups is 1. The minimum atomic E-state index is -0.219. The molecule has 0 N–H and O–H groups in total. The lowest BCUT2D eigenvalue weighted by Gasteiger charge is -2.10. The Bertz CT molecular complexity index is 1150. The van der Waals surface area contributed by atoms with E-state index >= 15 is 0 Å². The number of para-hydroxylation sites is 1. The summed E-state index contributed by atoms with van der Waals surface area (Å²) in [7, 11) is 1.59. The number of aromatic nitrogens is 2. The smallest absolute Gasteiger partial charge is 0.278 e. The topological polar surface area (TPSA) is 53.4 Å². The van der Waals surface area contributed by atoms with E-state index in [4.69, 9.17) is 21.1 Å². The number of methoxy groups -OCH3 is 1. The molecule has 0 saturated carbocycles. The standard InChI is InChI=1S/C24H19ClN2O3/c1-29-20-12-8-18(9-13-20)24(28)27-15-14-22(26-27)21-4-2-3-5-23(21)30-16-17-6-10-19(25)11-7-17/h2-15H,16H2,1H3. The Morgan fingerprint density at radius 1 is 0.967 bits per heavy atom. The molecule has 0 aliphatic carbocycles. The van der Waals surface area contributed by atoms with Crippen molar-refractivity contribution in [2.24, 2.45) is 0 Å². The molecule has 0 unspecified atom stereocenters. The summed E-state index contributed by atoms with van der Waals surface area (Å²) in [6, 6.07) is 23.8. The van der Waals surface area contributed by atoms with Gasteiger partial charge in [0.2, 0.25) is 0 Å². The van der Waals surface area contributed by atoms with Crippen LogP contribution in [0.25, 0.3) is 11.3 Å². The Hall–Kier alpha value is -3.57. The largest absolute Gasteiger partial charge is 0.497 e. The third kappa shape index (κ3) is 4.36. The highest BCUT2D eigenvalue weighted by Crippen LogP contribution is 2.29. The molecule has 0 saturated heterocycles. The summed E-state index contributed by atoms with van der Waals surface area (Å²) in [6.07, 6.45) is 1.65. The molecule has 0 amide bonds. The van der Waals surface area contributed by atoms with E-state index < -0.39 is 0 Å². The summed E-state index contributed by atoms with van der Waals surface area (Å²) >= 11 is 5.94. The first-order chi connectivity index (χ1) is 14.6. The van der Waals surface area contributed by atoms with Crippen LogP contribution in [0.5, 0.6) is 11.5 Å². The van der Waals surface area contributed by atoms with Gasteiger partial charge in [-0.15, -0.1) is 0 Å². The van der Waals surface area contributed by atoms with E-state index in [2.05, 4.69) is 5.10 Å². The molecule has 1 aromatic heterocycles. The quantitative estimate of drug-likeness (QED) is 0.416. The first kappa shape index (κ1) is 19.7. The molecule has 0 aliphatic heterocycles. The Kier molecular flexibility index (Phi) is 5.82. The molecule has 3 aromatic carbocycles. The van der Waals surface area contributed by atoms with Crippen LogP contribution in [0.4, 0.5) is 0 Å². The average Bonchev–Trinajstić information content (AvgIpc) is 3.28. The van der Waals surface area contributed by atoms with E-state index in [1.807, 2.05) is 48.5 Å². The van der Waals surface area contributed by atoms with E-state index in [1.54, 1.807) is 43.6 Å². The van der Waals surface area contributed by atoms with Crippen LogP contribution in [0, 0.1) is 0 Å². The molecule has 1 heterocycles. The van der Waals surface area contributed by atoms with Crippen molar-refractivity contribution in [2.45, 2.75) is 6.61 Å². The van der Waals surface area contributed by atoms with Crippen molar-refractivity contribution < 1.29 is 14.3 Å². The minimum absolute atomic E-state index is 0.219. The Morgan fingerprint density at radius 2 is 1.70 bits per heavy atom. The van der Waals surface area contributed by atoms with Crippen molar-refractivity contribution in [2.75, 3.05) is 7.11 Å². The van der Waals surface area contributed by atoms with Gasteiger partial charge in [-0.25, -0.2) is 4.68 Å². The zero-order valence-corrected chi connectivity index (χ0v) is 17.0. The highest BCUT2D eigenvalue weighted by molar-refractivity contribution is 6.30. The van der Waals surface area contributed by atoms with Gasteiger partial charge < -0.3 is 9.47 Å². The summed E-state index contributed by atoms with van der Waals surface area (Å²) in [5, 5.41) is 5.15. The number of benzene rings is 3. The van der Waals surface area contributed by atoms with Gasteiger partial charge in [-0.05, 0) is 60.2 Å². The van der Waals surface area contributed by atoms with Gasteiger partial charge in [0, 0.05) is 22.3 Å². The molecular weight excluding hydrogens is 400 g/mol. The molecule has 0 bridgehead atoms. The highest BCUT2D eigenvalue weighted by Gasteiger charge is 2.14. The van der Waals surface area contributed by atoms with Crippen LogP contribution < -0.4 is 9.47 Å². The average molecular weight is 419 g/mol. The number of ether oxygens (including phenoxy) is 2. The van der Waals surface area contributed by atoms with E-state index in [9.17, 15) is 4.79 Å². The second-order valence-electron chi connectivity index (χ2n) is 6.59. The van der Waals surface area contributed by atoms with E-state index in [1.165, 1.54) is 4.68 Å². The summed E-state index contributed by atoms with van der Waals surface area (Å²) in [4.78, 5) is 12.7. The molecule has 6 heteroatoms. The molecule has 0 spiro atoms. The second kappa shape index (κ2) is 8.84. The van der Waals surface area contributed by atoms with Gasteiger partial charge in [0.25, 0.3) is 5.91 Å². The maximum atomic E-state index is 12.7. The summed E-state index contributed by atoms with van der Waals surface area (Å²) in [5.74, 6) is 1.16. The van der Waals surface area contributed by atoms with Crippen molar-refractivity contribution in [3.8, 4) is 22.8 Å². The SMILES string of the molecule is COc1ccc(C(=O)n2ccc(-c3ccccc3OCc3ccc(Cl)cc3)n2)cc1. The van der Waals surface area contributed by atoms with Crippen LogP contribution in [0.2, 0.25) is 5.02 Å². The van der Waals surface area contributed by atoms with Gasteiger partial charge in [-0.1, -0.05) is 35.9 Å². The van der Waals surface area contributed by atoms with E-state index in [-0.39, 0.29) is 5.91 Å². The maximum Gasteiger partial charge on any atom is 0.278 e. The Balaban J connectivity index is 1.54. The van der Waals surface area contributed by atoms with Crippen LogP contribution >= 0.6 is 11.6 Å². The molecule has 4 rings (SSSR count). The predicted molar refractivity (Wildman–Crippen MR) is 116 cm³/mol. The van der Waals surface area contributed by atoms with Gasteiger partial charge in [0.1, 0.15) is 18.1 Å². The zero-order valence-electron chi connectivity index (χ0n) is 16.3. The minimum Gasteiger partial charge on any atom is -0.497 e. The predicted octanol–water partition coefficient (Wildman–Crippen LogP) is 5.48. The molecule has 0 atom stereocenters. The monoisotopic (exact) mass is 418 g/mol. The summed E-state index contributed by atoms with van der Waals surface area (Å²) < 4.78 is 12.5. The first-order valence-corrected chi connectivity index (χ1v) is 9.73. The van der Waals surface area contributed by atoms with Gasteiger partial charge in [0.05, 0.1) is 12.8 Å². The molecule has 4 aromatic rings. The zero-order chi connectivity index (χ0) is 20.9. The number of nitrogens with zero attached hydrogens (tertiary/aromatic N) is 2. The third-order valence-electron chi connectivity index (χ3n) is 4.60. The molecule has 0 radical (unpaired) electrons. The lowest BCUT2D eigenvalue weighted by atomic mass is 10.1. The molecule has 150 valence electrons. The lowest BCUT2D eigenvalue weighted by molar-refractivity contribution is 0.0945. The summed E-state index contributed by atoms with van der Waals surface area (Å²) in [5.41, 5.74) is 3.00. The van der Waals surface area contributed by atoms with Crippen LogP contribution in [0.3, 0.4) is 0 Å². The molecule has 30 heavy (non-hydrogen) atoms. The van der Waals surface area contributed by atoms with Crippen molar-refractivity contribution in [1.82, 2.24) is 9.78 Å². The molecule has 0 aliphatic rings. The third-order valence-corrected chi connectivity index (χ3v) is 4.86. The van der Waals surface area contributed by atoms with Crippen LogP contribution in [-0.4, -0.2) is 22.8 Å². The fraction of sp³-hybridized carbons (Fsp3) is 0.0833. The highest BCUT2D eigenvalue weighted by atomic mass is 35.5. The first-order valence-electron chi connectivity index (χ1n) is 9.35. The van der Waals surface area contributed by atoms with Gasteiger partial charge in [0.15, 0.2) is 0 Å². The van der Waals surface area contributed by atoms with Crippen molar-refractivity contribution >= 4 is 17.5 Å². The maximum absolute atomic E-state index is 12.7. The Labute approximate surface area is 179 Å². The van der Waals surface area contributed by atoms with Gasteiger partial charge in [-0.3, -0.25) is 4.79 Å². The van der Waals surface area contributed by atoms with Crippen LogP contribution in [-0.2, 0) is 6.61 Å². The molecule has 5 nitrogen and oxygen atoms in total. The van der Waals surface area contributed by atoms with E-state index in [0.29, 0.717) is 34.4 Å². The normalized spacial score (nSPS) is 10.6. The van der Waals surface area contributed by atoms with Gasteiger partial charge in [-0.2, -0.15) is 5.10 Å². The molecular formula is C24H19ClN2O3. The van der Waals surface area contributed by atoms with Crippen molar-refractivity contribution in [3.63, 3.8) is 0 Å². The number of halogens is 1. The number of carbonyl (C=O) groups excluding carboxylic acids is 1. The van der Waals surface area contributed by atoms with E-state index in [0.717, 1.165) is 11.1 Å². The molecule has 0 fully saturated rings. The van der Waals surface area contributed by atoms with Crippen molar-refractivity contribution in [3.05, 3.63) is 101 Å². The fourth-order valence-corrected chi connectivity index (χ4v) is 3.12. The van der Waals surface area contributed by atoms with Crippen LogP contribution in [0.15, 0.2) is 85.1 Å². The number of rotatable bonds is 6. The summed E-state index contributed by atoms with van der Waals surface area (Å²) in [6.45, 7) is 0.402. The lowest BCUT2D eigenvalue weighted by Crippen LogP contribution is -2.12. The van der Waals surface area contributed by atoms with Gasteiger partial charge >= 0.3 is 0 Å². The number of hydrogen-bond acceptors (Lipinski definition) is 4. The second-order valence-corrected chi connectivity index (χ2v) is 7.03. The van der Waals surface area contributed by atoms with Crippen molar-refractivity contribution in [1.29, 1.82) is 0 Å².